The molecule has 1 N–H and O–H groups in total. The number of halogens is 1. The Morgan fingerprint density at radius 2 is 1.89 bits per heavy atom. The maximum atomic E-state index is 12.7. The zero-order chi connectivity index (χ0) is 19.4. The van der Waals surface area contributed by atoms with Gasteiger partial charge in [0.25, 0.3) is 0 Å². The maximum Gasteiger partial charge on any atom is 0.317 e. The fourth-order valence-corrected chi connectivity index (χ4v) is 3.33. The molecule has 2 amide bonds. The van der Waals surface area contributed by atoms with Crippen LogP contribution in [0.2, 0.25) is 5.02 Å². The number of nitrogens with zero attached hydrogens (tertiary/aromatic N) is 1. The molecular formula is C21H25ClN2O3. The zero-order valence-electron chi connectivity index (χ0n) is 15.9. The second-order valence-electron chi connectivity index (χ2n) is 7.06. The summed E-state index contributed by atoms with van der Waals surface area (Å²) < 4.78 is 11.3. The molecule has 0 aliphatic carbocycles. The second-order valence-corrected chi connectivity index (χ2v) is 7.50. The number of rotatable bonds is 5. The van der Waals surface area contributed by atoms with Crippen molar-refractivity contribution in [1.82, 2.24) is 10.2 Å². The molecule has 27 heavy (non-hydrogen) atoms. The smallest absolute Gasteiger partial charge is 0.317 e. The third kappa shape index (κ3) is 4.86. The maximum absolute atomic E-state index is 12.7. The second kappa shape index (κ2) is 8.53. The van der Waals surface area contributed by atoms with Gasteiger partial charge < -0.3 is 19.7 Å². The number of benzene rings is 2. The summed E-state index contributed by atoms with van der Waals surface area (Å²) in [5, 5.41) is 3.80. The molecule has 2 aromatic rings. The molecule has 0 bridgehead atoms. The number of fused-ring (bicyclic) bond motifs is 1. The number of urea groups is 1. The van der Waals surface area contributed by atoms with E-state index in [1.54, 1.807) is 11.9 Å². The third-order valence-electron chi connectivity index (χ3n) is 4.53. The number of amides is 2. The Labute approximate surface area is 165 Å². The normalized spacial score (nSPS) is 14.0. The van der Waals surface area contributed by atoms with Crippen LogP contribution in [0.5, 0.6) is 11.5 Å². The van der Waals surface area contributed by atoms with Crippen LogP contribution in [-0.4, -0.2) is 31.2 Å². The van der Waals surface area contributed by atoms with Gasteiger partial charge in [-0.25, -0.2) is 4.79 Å². The zero-order valence-corrected chi connectivity index (χ0v) is 16.6. The van der Waals surface area contributed by atoms with Crippen LogP contribution < -0.4 is 14.8 Å². The highest BCUT2D eigenvalue weighted by Crippen LogP contribution is 2.34. The van der Waals surface area contributed by atoms with Gasteiger partial charge in [-0.3, -0.25) is 0 Å². The van der Waals surface area contributed by atoms with Gasteiger partial charge in [-0.05, 0) is 41.3 Å². The highest BCUT2D eigenvalue weighted by atomic mass is 35.5. The number of nitrogens with one attached hydrogen (secondary N) is 1. The summed E-state index contributed by atoms with van der Waals surface area (Å²) in [7, 11) is 1.78. The molecule has 1 atom stereocenters. The molecule has 2 aromatic carbocycles. The first-order chi connectivity index (χ1) is 12.9. The van der Waals surface area contributed by atoms with Gasteiger partial charge in [-0.2, -0.15) is 0 Å². The summed E-state index contributed by atoms with van der Waals surface area (Å²) in [6.45, 7) is 5.75. The lowest BCUT2D eigenvalue weighted by atomic mass is 9.95. The Morgan fingerprint density at radius 3 is 2.59 bits per heavy atom. The lowest BCUT2D eigenvalue weighted by Crippen LogP contribution is -2.40. The minimum absolute atomic E-state index is 0.130. The van der Waals surface area contributed by atoms with Crippen LogP contribution in [-0.2, 0) is 6.54 Å². The van der Waals surface area contributed by atoms with E-state index in [1.807, 2.05) is 42.5 Å². The molecule has 5 nitrogen and oxygen atoms in total. The van der Waals surface area contributed by atoms with Gasteiger partial charge in [0.15, 0.2) is 11.5 Å². The standard InChI is InChI=1S/C21H25ClN2O3/c1-14(2)20(16-7-8-18-19(12-16)27-10-9-26-18)23-21(25)24(3)13-15-5-4-6-17(22)11-15/h4-8,11-12,14,20H,9-10,13H2,1-3H3,(H,23,25). The van der Waals surface area contributed by atoms with Crippen LogP contribution in [0.1, 0.15) is 31.0 Å². The minimum atomic E-state index is -0.136. The Bertz CT molecular complexity index is 810. The van der Waals surface area contributed by atoms with E-state index in [4.69, 9.17) is 21.1 Å². The van der Waals surface area contributed by atoms with Crippen molar-refractivity contribution >= 4 is 17.6 Å². The van der Waals surface area contributed by atoms with Crippen molar-refractivity contribution in [3.63, 3.8) is 0 Å². The first-order valence-corrected chi connectivity index (χ1v) is 9.47. The van der Waals surface area contributed by atoms with Crippen molar-refractivity contribution in [2.75, 3.05) is 20.3 Å². The minimum Gasteiger partial charge on any atom is -0.486 e. The molecule has 3 rings (SSSR count). The Balaban J connectivity index is 1.71. The largest absolute Gasteiger partial charge is 0.486 e. The van der Waals surface area contributed by atoms with Gasteiger partial charge in [0.1, 0.15) is 13.2 Å². The van der Waals surface area contributed by atoms with Gasteiger partial charge in [0.2, 0.25) is 0 Å². The van der Waals surface area contributed by atoms with E-state index in [2.05, 4.69) is 19.2 Å². The SMILES string of the molecule is CC(C)C(NC(=O)N(C)Cc1cccc(Cl)c1)c1ccc2c(c1)OCCO2. The van der Waals surface area contributed by atoms with Crippen molar-refractivity contribution in [2.24, 2.45) is 5.92 Å². The van der Waals surface area contributed by atoms with Crippen LogP contribution in [0.4, 0.5) is 4.79 Å². The Kier molecular flexibility index (Phi) is 6.11. The molecule has 0 fully saturated rings. The summed E-state index contributed by atoms with van der Waals surface area (Å²) in [5.41, 5.74) is 1.99. The van der Waals surface area contributed by atoms with Crippen molar-refractivity contribution < 1.29 is 14.3 Å². The number of hydrogen-bond acceptors (Lipinski definition) is 3. The molecule has 0 saturated carbocycles. The Hall–Kier alpha value is -2.40. The van der Waals surface area contributed by atoms with Crippen molar-refractivity contribution in [3.8, 4) is 11.5 Å². The number of carbonyl (C=O) groups excluding carboxylic acids is 1. The highest BCUT2D eigenvalue weighted by molar-refractivity contribution is 6.30. The van der Waals surface area contributed by atoms with Gasteiger partial charge in [0.05, 0.1) is 6.04 Å². The molecule has 0 radical (unpaired) electrons. The first kappa shape index (κ1) is 19.4. The van der Waals surface area contributed by atoms with Crippen LogP contribution >= 0.6 is 11.6 Å². The van der Waals surface area contributed by atoms with E-state index in [0.717, 1.165) is 22.6 Å². The first-order valence-electron chi connectivity index (χ1n) is 9.09. The lowest BCUT2D eigenvalue weighted by Gasteiger charge is -2.28. The monoisotopic (exact) mass is 388 g/mol. The molecule has 0 saturated heterocycles. The fraction of sp³-hybridized carbons (Fsp3) is 0.381. The summed E-state index contributed by atoms with van der Waals surface area (Å²) >= 11 is 6.03. The van der Waals surface area contributed by atoms with E-state index in [1.165, 1.54) is 0 Å². The number of ether oxygens (including phenoxy) is 2. The molecule has 1 heterocycles. The fourth-order valence-electron chi connectivity index (χ4n) is 3.11. The van der Waals surface area contributed by atoms with E-state index in [0.29, 0.717) is 24.8 Å². The summed E-state index contributed by atoms with van der Waals surface area (Å²) in [6.07, 6.45) is 0. The van der Waals surface area contributed by atoms with Crippen LogP contribution in [0.25, 0.3) is 0 Å². The molecule has 144 valence electrons. The number of hydrogen-bond donors (Lipinski definition) is 1. The average molecular weight is 389 g/mol. The molecule has 1 unspecified atom stereocenters. The molecule has 0 aromatic heterocycles. The predicted octanol–water partition coefficient (Wildman–Crippen LogP) is 4.65. The third-order valence-corrected chi connectivity index (χ3v) is 4.76. The summed E-state index contributed by atoms with van der Waals surface area (Å²) in [4.78, 5) is 14.4. The molecule has 0 spiro atoms. The Morgan fingerprint density at radius 1 is 1.15 bits per heavy atom. The lowest BCUT2D eigenvalue weighted by molar-refractivity contribution is 0.171. The summed E-state index contributed by atoms with van der Waals surface area (Å²) in [5.74, 6) is 1.69. The van der Waals surface area contributed by atoms with E-state index in [9.17, 15) is 4.79 Å². The quantitative estimate of drug-likeness (QED) is 0.811. The van der Waals surface area contributed by atoms with Gasteiger partial charge >= 0.3 is 6.03 Å². The summed E-state index contributed by atoms with van der Waals surface area (Å²) in [6, 6.07) is 13.1. The van der Waals surface area contributed by atoms with Gasteiger partial charge in [-0.15, -0.1) is 0 Å². The van der Waals surface area contributed by atoms with Crippen LogP contribution in [0.15, 0.2) is 42.5 Å². The van der Waals surface area contributed by atoms with Crippen molar-refractivity contribution in [3.05, 3.63) is 58.6 Å². The van der Waals surface area contributed by atoms with Crippen molar-refractivity contribution in [2.45, 2.75) is 26.4 Å². The van der Waals surface area contributed by atoms with Crippen LogP contribution in [0.3, 0.4) is 0 Å². The molecule has 6 heteroatoms. The van der Waals surface area contributed by atoms with Gasteiger partial charge in [-0.1, -0.05) is 43.6 Å². The van der Waals surface area contributed by atoms with E-state index in [-0.39, 0.29) is 18.0 Å². The molecule has 1 aliphatic heterocycles. The molecule has 1 aliphatic rings. The molecular weight excluding hydrogens is 364 g/mol. The van der Waals surface area contributed by atoms with Gasteiger partial charge in [0, 0.05) is 18.6 Å². The van der Waals surface area contributed by atoms with E-state index >= 15 is 0 Å². The topological polar surface area (TPSA) is 50.8 Å². The van der Waals surface area contributed by atoms with Crippen molar-refractivity contribution in [1.29, 1.82) is 0 Å². The highest BCUT2D eigenvalue weighted by Gasteiger charge is 2.23. The average Bonchev–Trinajstić information content (AvgIpc) is 2.65. The van der Waals surface area contributed by atoms with Crippen LogP contribution in [0, 0.1) is 5.92 Å². The van der Waals surface area contributed by atoms with E-state index < -0.39 is 0 Å². The number of carbonyl (C=O) groups is 1. The predicted molar refractivity (Wildman–Crippen MR) is 106 cm³/mol.